The van der Waals surface area contributed by atoms with Crippen LogP contribution >= 0.6 is 11.6 Å². The molecule has 1 aliphatic heterocycles. The SMILES string of the molecule is COc1ccc(Cl)cc1CC(=O)CC1CCCN1. The summed E-state index contributed by atoms with van der Waals surface area (Å²) >= 11 is 5.95. The zero-order valence-corrected chi connectivity index (χ0v) is 11.3. The summed E-state index contributed by atoms with van der Waals surface area (Å²) in [6.45, 7) is 1.03. The van der Waals surface area contributed by atoms with Crippen LogP contribution in [0.3, 0.4) is 0 Å². The lowest BCUT2D eigenvalue weighted by Crippen LogP contribution is -2.25. The molecule has 3 nitrogen and oxygen atoms in total. The molecule has 1 heterocycles. The predicted octanol–water partition coefficient (Wildman–Crippen LogP) is 2.60. The van der Waals surface area contributed by atoms with E-state index in [-0.39, 0.29) is 5.78 Å². The topological polar surface area (TPSA) is 38.3 Å². The van der Waals surface area contributed by atoms with E-state index in [0.717, 1.165) is 24.3 Å². The molecule has 1 N–H and O–H groups in total. The van der Waals surface area contributed by atoms with Crippen molar-refractivity contribution < 1.29 is 9.53 Å². The van der Waals surface area contributed by atoms with Crippen LogP contribution in [0.15, 0.2) is 18.2 Å². The van der Waals surface area contributed by atoms with Crippen LogP contribution in [0, 0.1) is 0 Å². The number of Topliss-reactive ketones (excluding diaryl/α,β-unsaturated/α-hetero) is 1. The fourth-order valence-corrected chi connectivity index (χ4v) is 2.57. The number of ketones is 1. The van der Waals surface area contributed by atoms with Crippen molar-refractivity contribution in [3.8, 4) is 5.75 Å². The number of nitrogens with one attached hydrogen (secondary N) is 1. The van der Waals surface area contributed by atoms with Crippen molar-refractivity contribution in [1.29, 1.82) is 0 Å². The van der Waals surface area contributed by atoms with Crippen LogP contribution in [0.25, 0.3) is 0 Å². The van der Waals surface area contributed by atoms with Gasteiger partial charge < -0.3 is 10.1 Å². The average Bonchev–Trinajstić information content (AvgIpc) is 2.82. The molecule has 0 radical (unpaired) electrons. The highest BCUT2D eigenvalue weighted by molar-refractivity contribution is 6.30. The molecule has 0 bridgehead atoms. The summed E-state index contributed by atoms with van der Waals surface area (Å²) in [6.07, 6.45) is 3.24. The highest BCUT2D eigenvalue weighted by Gasteiger charge is 2.18. The van der Waals surface area contributed by atoms with Crippen molar-refractivity contribution in [3.63, 3.8) is 0 Å². The molecule has 0 spiro atoms. The summed E-state index contributed by atoms with van der Waals surface area (Å²) in [7, 11) is 1.61. The Labute approximate surface area is 112 Å². The lowest BCUT2D eigenvalue weighted by molar-refractivity contribution is -0.118. The van der Waals surface area contributed by atoms with E-state index < -0.39 is 0 Å². The van der Waals surface area contributed by atoms with Gasteiger partial charge in [0.15, 0.2) is 0 Å². The van der Waals surface area contributed by atoms with Crippen LogP contribution in [-0.2, 0) is 11.2 Å². The number of hydrogen-bond acceptors (Lipinski definition) is 3. The van der Waals surface area contributed by atoms with Gasteiger partial charge in [0.05, 0.1) is 7.11 Å². The van der Waals surface area contributed by atoms with Gasteiger partial charge in [-0.3, -0.25) is 4.79 Å². The Kier molecular flexibility index (Phi) is 4.61. The van der Waals surface area contributed by atoms with Crippen LogP contribution in [0.4, 0.5) is 0 Å². The maximum absolute atomic E-state index is 12.0. The Balaban J connectivity index is 1.99. The van der Waals surface area contributed by atoms with E-state index in [1.807, 2.05) is 0 Å². The molecule has 1 atom stereocenters. The van der Waals surface area contributed by atoms with Gasteiger partial charge in [0.1, 0.15) is 11.5 Å². The summed E-state index contributed by atoms with van der Waals surface area (Å²) in [6, 6.07) is 5.73. The Hall–Kier alpha value is -1.06. The lowest BCUT2D eigenvalue weighted by Gasteiger charge is -2.11. The molecule has 98 valence electrons. The largest absolute Gasteiger partial charge is 0.496 e. The number of benzene rings is 1. The molecule has 2 rings (SSSR count). The Morgan fingerprint density at radius 3 is 3.06 bits per heavy atom. The molecule has 18 heavy (non-hydrogen) atoms. The molecular weight excluding hydrogens is 250 g/mol. The highest BCUT2D eigenvalue weighted by Crippen LogP contribution is 2.24. The van der Waals surface area contributed by atoms with Crippen molar-refractivity contribution in [2.75, 3.05) is 13.7 Å². The van der Waals surface area contributed by atoms with Crippen molar-refractivity contribution in [3.05, 3.63) is 28.8 Å². The number of rotatable bonds is 5. The third kappa shape index (κ3) is 3.47. The van der Waals surface area contributed by atoms with Gasteiger partial charge in [-0.25, -0.2) is 0 Å². The van der Waals surface area contributed by atoms with Crippen LogP contribution in [0.5, 0.6) is 5.75 Å². The van der Waals surface area contributed by atoms with E-state index in [0.29, 0.717) is 23.9 Å². The maximum Gasteiger partial charge on any atom is 0.138 e. The molecule has 0 aromatic heterocycles. The monoisotopic (exact) mass is 267 g/mol. The Morgan fingerprint density at radius 2 is 2.39 bits per heavy atom. The first-order valence-electron chi connectivity index (χ1n) is 6.26. The molecule has 1 aromatic rings. The fraction of sp³-hybridized carbons (Fsp3) is 0.500. The summed E-state index contributed by atoms with van der Waals surface area (Å²) in [4.78, 5) is 12.0. The van der Waals surface area contributed by atoms with Gasteiger partial charge >= 0.3 is 0 Å². The first-order chi connectivity index (χ1) is 8.69. The van der Waals surface area contributed by atoms with E-state index in [1.165, 1.54) is 6.42 Å². The molecule has 4 heteroatoms. The van der Waals surface area contributed by atoms with Crippen molar-refractivity contribution >= 4 is 17.4 Å². The number of carbonyl (C=O) groups is 1. The van der Waals surface area contributed by atoms with Crippen molar-refractivity contribution in [1.82, 2.24) is 5.32 Å². The van der Waals surface area contributed by atoms with Gasteiger partial charge in [-0.15, -0.1) is 0 Å². The third-order valence-corrected chi connectivity index (χ3v) is 3.50. The summed E-state index contributed by atoms with van der Waals surface area (Å²) in [5.41, 5.74) is 0.869. The zero-order valence-electron chi connectivity index (χ0n) is 10.5. The quantitative estimate of drug-likeness (QED) is 0.891. The number of methoxy groups -OCH3 is 1. The van der Waals surface area contributed by atoms with E-state index in [9.17, 15) is 4.79 Å². The van der Waals surface area contributed by atoms with Crippen LogP contribution in [0.2, 0.25) is 5.02 Å². The minimum atomic E-state index is 0.231. The second-order valence-corrected chi connectivity index (χ2v) is 5.11. The molecule has 1 aromatic carbocycles. The number of halogens is 1. The zero-order chi connectivity index (χ0) is 13.0. The maximum atomic E-state index is 12.0. The first-order valence-corrected chi connectivity index (χ1v) is 6.64. The van der Waals surface area contributed by atoms with E-state index in [2.05, 4.69) is 5.32 Å². The van der Waals surface area contributed by atoms with Gasteiger partial charge in [-0.05, 0) is 37.6 Å². The van der Waals surface area contributed by atoms with Gasteiger partial charge in [0.25, 0.3) is 0 Å². The van der Waals surface area contributed by atoms with Gasteiger partial charge in [0.2, 0.25) is 0 Å². The molecule has 1 saturated heterocycles. The number of ether oxygens (including phenoxy) is 1. The van der Waals surface area contributed by atoms with Crippen molar-refractivity contribution in [2.45, 2.75) is 31.7 Å². The Bertz CT molecular complexity index is 428. The molecule has 1 fully saturated rings. The summed E-state index contributed by atoms with van der Waals surface area (Å²) in [5.74, 6) is 0.960. The predicted molar refractivity (Wildman–Crippen MR) is 72.4 cm³/mol. The van der Waals surface area contributed by atoms with Crippen LogP contribution < -0.4 is 10.1 Å². The molecule has 1 aliphatic rings. The molecular formula is C14H18ClNO2. The smallest absolute Gasteiger partial charge is 0.138 e. The average molecular weight is 268 g/mol. The number of carbonyl (C=O) groups excluding carboxylic acids is 1. The fourth-order valence-electron chi connectivity index (χ4n) is 2.38. The summed E-state index contributed by atoms with van der Waals surface area (Å²) < 4.78 is 5.24. The highest BCUT2D eigenvalue weighted by atomic mass is 35.5. The van der Waals surface area contributed by atoms with Gasteiger partial charge in [0, 0.05) is 29.5 Å². The van der Waals surface area contributed by atoms with Crippen molar-refractivity contribution in [2.24, 2.45) is 0 Å². The van der Waals surface area contributed by atoms with Gasteiger partial charge in [-0.1, -0.05) is 11.6 Å². The Morgan fingerprint density at radius 1 is 1.56 bits per heavy atom. The van der Waals surface area contributed by atoms with E-state index in [4.69, 9.17) is 16.3 Å². The van der Waals surface area contributed by atoms with Gasteiger partial charge in [-0.2, -0.15) is 0 Å². The van der Waals surface area contributed by atoms with Crippen LogP contribution in [0.1, 0.15) is 24.8 Å². The lowest BCUT2D eigenvalue weighted by atomic mass is 10.0. The van der Waals surface area contributed by atoms with Crippen LogP contribution in [-0.4, -0.2) is 25.5 Å². The van der Waals surface area contributed by atoms with E-state index >= 15 is 0 Å². The minimum Gasteiger partial charge on any atom is -0.496 e. The molecule has 1 unspecified atom stereocenters. The third-order valence-electron chi connectivity index (χ3n) is 3.27. The first kappa shape index (κ1) is 13.4. The molecule has 0 saturated carbocycles. The normalized spacial score (nSPS) is 18.9. The molecule has 0 amide bonds. The second kappa shape index (κ2) is 6.21. The standard InChI is InChI=1S/C14H18ClNO2/c1-18-14-5-4-11(15)7-10(14)8-13(17)9-12-3-2-6-16-12/h4-5,7,12,16H,2-3,6,8-9H2,1H3. The van der Waals surface area contributed by atoms with E-state index in [1.54, 1.807) is 25.3 Å². The second-order valence-electron chi connectivity index (χ2n) is 4.67. The number of hydrogen-bond donors (Lipinski definition) is 1. The minimum absolute atomic E-state index is 0.231. The molecule has 0 aliphatic carbocycles. The summed E-state index contributed by atoms with van der Waals surface area (Å²) in [5, 5.41) is 3.97.